The van der Waals surface area contributed by atoms with Crippen molar-refractivity contribution in [2.75, 3.05) is 11.4 Å². The molecule has 1 fully saturated rings. The lowest BCUT2D eigenvalue weighted by Gasteiger charge is -2.44. The van der Waals surface area contributed by atoms with Gasteiger partial charge in [-0.15, -0.1) is 0 Å². The predicted octanol–water partition coefficient (Wildman–Crippen LogP) is 2.26. The second-order valence-corrected chi connectivity index (χ2v) is 9.16. The molecule has 0 aliphatic heterocycles. The maximum absolute atomic E-state index is 15.0. The summed E-state index contributed by atoms with van der Waals surface area (Å²) in [7, 11) is 0. The van der Waals surface area contributed by atoms with Crippen molar-refractivity contribution in [3.63, 3.8) is 0 Å². The molecule has 3 aromatic heterocycles. The molecular formula is C24H25FN6O3. The number of rotatable bonds is 8. The van der Waals surface area contributed by atoms with Crippen LogP contribution in [0.2, 0.25) is 0 Å². The lowest BCUT2D eigenvalue weighted by molar-refractivity contribution is -0.113. The van der Waals surface area contributed by atoms with Crippen molar-refractivity contribution in [1.29, 1.82) is 5.26 Å². The predicted molar refractivity (Wildman–Crippen MR) is 123 cm³/mol. The van der Waals surface area contributed by atoms with Gasteiger partial charge in [0.2, 0.25) is 0 Å². The van der Waals surface area contributed by atoms with Gasteiger partial charge in [0.15, 0.2) is 0 Å². The molecule has 0 bridgehead atoms. The van der Waals surface area contributed by atoms with Gasteiger partial charge in [0, 0.05) is 18.2 Å². The number of hydrogen-bond acceptors (Lipinski definition) is 7. The average molecular weight is 465 g/mol. The number of aliphatic hydroxyl groups is 1. The number of halogens is 1. The van der Waals surface area contributed by atoms with Crippen LogP contribution >= 0.6 is 0 Å². The monoisotopic (exact) mass is 464 g/mol. The molecule has 4 rings (SSSR count). The summed E-state index contributed by atoms with van der Waals surface area (Å²) in [6, 6.07) is 8.75. The lowest BCUT2D eigenvalue weighted by Crippen LogP contribution is -2.51. The number of pyridine rings is 1. The van der Waals surface area contributed by atoms with E-state index in [-0.39, 0.29) is 24.1 Å². The Morgan fingerprint density at radius 2 is 2.15 bits per heavy atom. The van der Waals surface area contributed by atoms with E-state index in [1.165, 1.54) is 26.2 Å². The normalized spacial score (nSPS) is 18.7. The SMILES string of the molecule is CC(C)(O)[C@H](F)CN(c1cc(-c2ccc3cc(C#N)cnn23)ncc1C(N)=O)C1CC(C=O)C1. The first-order valence-corrected chi connectivity index (χ1v) is 10.9. The summed E-state index contributed by atoms with van der Waals surface area (Å²) in [6.07, 6.45) is 3.04. The van der Waals surface area contributed by atoms with E-state index in [0.717, 1.165) is 6.29 Å². The van der Waals surface area contributed by atoms with Gasteiger partial charge in [0.1, 0.15) is 18.5 Å². The Morgan fingerprint density at radius 3 is 2.76 bits per heavy atom. The molecule has 1 aliphatic carbocycles. The Bertz CT molecular complexity index is 1290. The van der Waals surface area contributed by atoms with Crippen LogP contribution < -0.4 is 10.6 Å². The lowest BCUT2D eigenvalue weighted by atomic mass is 9.79. The van der Waals surface area contributed by atoms with Gasteiger partial charge < -0.3 is 20.5 Å². The number of primary amides is 1. The smallest absolute Gasteiger partial charge is 0.252 e. The first-order chi connectivity index (χ1) is 16.1. The summed E-state index contributed by atoms with van der Waals surface area (Å²) >= 11 is 0. The molecule has 1 atom stereocenters. The topological polar surface area (TPSA) is 138 Å². The Balaban J connectivity index is 1.81. The Labute approximate surface area is 195 Å². The van der Waals surface area contributed by atoms with Crippen LogP contribution in [0, 0.1) is 17.2 Å². The molecule has 3 heterocycles. The number of amides is 1. The standard InChI is InChI=1S/C24H25FN6O3/c1-24(2,34)22(25)12-30(17-5-14(6-17)13-32)21-8-19(28-11-18(21)23(27)33)20-4-3-16-7-15(9-26)10-29-31(16)20/h3-4,7-8,10-11,13-14,17,22,34H,5-6,12H2,1-2H3,(H2,27,33)/t14?,17?,22-/m1/s1. The summed E-state index contributed by atoms with van der Waals surface area (Å²) in [5, 5.41) is 23.6. The van der Waals surface area contributed by atoms with Crippen LogP contribution in [0.25, 0.3) is 16.9 Å². The van der Waals surface area contributed by atoms with E-state index in [4.69, 9.17) is 11.0 Å². The zero-order valence-electron chi connectivity index (χ0n) is 18.8. The van der Waals surface area contributed by atoms with E-state index in [2.05, 4.69) is 10.1 Å². The van der Waals surface area contributed by atoms with Crippen molar-refractivity contribution in [2.45, 2.75) is 44.5 Å². The number of anilines is 1. The second-order valence-electron chi connectivity index (χ2n) is 9.16. The molecular weight excluding hydrogens is 439 g/mol. The molecule has 1 aliphatic rings. The zero-order valence-corrected chi connectivity index (χ0v) is 18.8. The molecule has 0 aromatic carbocycles. The first-order valence-electron chi connectivity index (χ1n) is 10.9. The van der Waals surface area contributed by atoms with Crippen molar-refractivity contribution in [3.8, 4) is 17.5 Å². The summed E-state index contributed by atoms with van der Waals surface area (Å²) in [5.74, 6) is -0.861. The van der Waals surface area contributed by atoms with Gasteiger partial charge in [0.25, 0.3) is 5.91 Å². The summed E-state index contributed by atoms with van der Waals surface area (Å²) in [5.41, 5.74) is 6.68. The fourth-order valence-corrected chi connectivity index (χ4v) is 4.10. The summed E-state index contributed by atoms with van der Waals surface area (Å²) in [6.45, 7) is 2.57. The van der Waals surface area contributed by atoms with E-state index in [0.29, 0.717) is 41.0 Å². The third-order valence-corrected chi connectivity index (χ3v) is 6.26. The van der Waals surface area contributed by atoms with Gasteiger partial charge in [0.05, 0.1) is 52.1 Å². The fourth-order valence-electron chi connectivity index (χ4n) is 4.10. The summed E-state index contributed by atoms with van der Waals surface area (Å²) in [4.78, 5) is 29.5. The molecule has 10 heteroatoms. The Hall–Kier alpha value is -3.84. The highest BCUT2D eigenvalue weighted by atomic mass is 19.1. The van der Waals surface area contributed by atoms with Gasteiger partial charge in [-0.05, 0) is 51.0 Å². The number of aromatic nitrogens is 3. The number of carbonyl (C=O) groups is 2. The highest BCUT2D eigenvalue weighted by molar-refractivity contribution is 5.99. The molecule has 1 saturated carbocycles. The minimum atomic E-state index is -1.62. The summed E-state index contributed by atoms with van der Waals surface area (Å²) < 4.78 is 16.6. The molecule has 0 saturated heterocycles. The van der Waals surface area contributed by atoms with E-state index in [1.807, 2.05) is 6.07 Å². The van der Waals surface area contributed by atoms with E-state index in [9.17, 15) is 19.1 Å². The zero-order chi connectivity index (χ0) is 24.6. The van der Waals surface area contributed by atoms with E-state index < -0.39 is 17.7 Å². The number of nitrogens with two attached hydrogens (primary N) is 1. The highest BCUT2D eigenvalue weighted by Gasteiger charge is 2.38. The number of nitrogens with zero attached hydrogens (tertiary/aromatic N) is 5. The number of alkyl halides is 1. The van der Waals surface area contributed by atoms with Crippen LogP contribution in [-0.4, -0.2) is 56.3 Å². The number of hydrogen-bond donors (Lipinski definition) is 2. The number of carbonyl (C=O) groups excluding carboxylic acids is 2. The third kappa shape index (κ3) is 4.34. The van der Waals surface area contributed by atoms with Crippen molar-refractivity contribution in [1.82, 2.24) is 14.6 Å². The molecule has 3 aromatic rings. The van der Waals surface area contributed by atoms with Crippen LogP contribution in [0.3, 0.4) is 0 Å². The van der Waals surface area contributed by atoms with Crippen LogP contribution in [0.15, 0.2) is 36.7 Å². The number of fused-ring (bicyclic) bond motifs is 1. The van der Waals surface area contributed by atoms with Gasteiger partial charge in [-0.1, -0.05) is 0 Å². The van der Waals surface area contributed by atoms with Crippen molar-refractivity contribution < 1.29 is 19.1 Å². The van der Waals surface area contributed by atoms with Gasteiger partial charge >= 0.3 is 0 Å². The van der Waals surface area contributed by atoms with Crippen LogP contribution in [0.1, 0.15) is 42.6 Å². The minimum absolute atomic E-state index is 0.113. The Morgan fingerprint density at radius 1 is 1.41 bits per heavy atom. The fraction of sp³-hybridized carbons (Fsp3) is 0.375. The molecule has 0 unspecified atom stereocenters. The molecule has 176 valence electrons. The first kappa shape index (κ1) is 23.3. The maximum Gasteiger partial charge on any atom is 0.252 e. The number of nitriles is 1. The van der Waals surface area contributed by atoms with Gasteiger partial charge in [-0.3, -0.25) is 9.78 Å². The maximum atomic E-state index is 15.0. The van der Waals surface area contributed by atoms with Crippen LogP contribution in [-0.2, 0) is 4.79 Å². The van der Waals surface area contributed by atoms with Crippen molar-refractivity contribution >= 4 is 23.4 Å². The van der Waals surface area contributed by atoms with E-state index in [1.54, 1.807) is 33.7 Å². The van der Waals surface area contributed by atoms with E-state index >= 15 is 0 Å². The number of aldehydes is 1. The largest absolute Gasteiger partial charge is 0.387 e. The highest BCUT2D eigenvalue weighted by Crippen LogP contribution is 2.37. The quantitative estimate of drug-likeness (QED) is 0.488. The molecule has 0 spiro atoms. The molecule has 0 radical (unpaired) electrons. The Kier molecular flexibility index (Phi) is 6.06. The minimum Gasteiger partial charge on any atom is -0.387 e. The second kappa shape index (κ2) is 8.83. The van der Waals surface area contributed by atoms with Crippen LogP contribution in [0.5, 0.6) is 0 Å². The average Bonchev–Trinajstić information content (AvgIpc) is 3.19. The van der Waals surface area contributed by atoms with Crippen molar-refractivity contribution in [3.05, 3.63) is 47.8 Å². The van der Waals surface area contributed by atoms with Gasteiger partial charge in [-0.2, -0.15) is 10.4 Å². The van der Waals surface area contributed by atoms with Gasteiger partial charge in [-0.25, -0.2) is 8.91 Å². The molecule has 9 nitrogen and oxygen atoms in total. The molecule has 34 heavy (non-hydrogen) atoms. The molecule has 3 N–H and O–H groups in total. The molecule has 1 amide bonds. The third-order valence-electron chi connectivity index (χ3n) is 6.26. The van der Waals surface area contributed by atoms with Crippen LogP contribution in [0.4, 0.5) is 10.1 Å². The van der Waals surface area contributed by atoms with Crippen molar-refractivity contribution in [2.24, 2.45) is 11.7 Å².